The van der Waals surface area contributed by atoms with E-state index in [4.69, 9.17) is 4.74 Å². The topological polar surface area (TPSA) is 55.4 Å². The Labute approximate surface area is 142 Å². The average molecular weight is 351 g/mol. The Balaban J connectivity index is 1.97. The molecule has 2 aromatic carbocycles. The fourth-order valence-electron chi connectivity index (χ4n) is 2.14. The van der Waals surface area contributed by atoms with Crippen molar-refractivity contribution in [1.82, 2.24) is 0 Å². The van der Waals surface area contributed by atoms with E-state index in [1.807, 2.05) is 0 Å². The second-order valence-electron chi connectivity index (χ2n) is 5.44. The average Bonchev–Trinajstić information content (AvgIpc) is 2.54. The largest absolute Gasteiger partial charge is 0.484 e. The van der Waals surface area contributed by atoms with Crippen LogP contribution in [0.5, 0.6) is 5.75 Å². The smallest absolute Gasteiger partial charge is 0.416 e. The van der Waals surface area contributed by atoms with E-state index in [2.05, 4.69) is 5.32 Å². The van der Waals surface area contributed by atoms with E-state index in [0.717, 1.165) is 6.07 Å². The summed E-state index contributed by atoms with van der Waals surface area (Å²) < 4.78 is 43.8. The summed E-state index contributed by atoms with van der Waals surface area (Å²) in [4.78, 5) is 23.0. The van der Waals surface area contributed by atoms with Crippen LogP contribution in [-0.4, -0.2) is 18.3 Å². The first-order valence-corrected chi connectivity index (χ1v) is 7.38. The Morgan fingerprint density at radius 3 is 2.28 bits per heavy atom. The summed E-state index contributed by atoms with van der Waals surface area (Å²) in [6, 6.07) is 9.77. The number of rotatable bonds is 5. The second kappa shape index (κ2) is 7.38. The number of aryl methyl sites for hydroxylation is 1. The van der Waals surface area contributed by atoms with E-state index in [-0.39, 0.29) is 23.6 Å². The molecule has 0 aliphatic carbocycles. The van der Waals surface area contributed by atoms with Gasteiger partial charge in [0.1, 0.15) is 5.75 Å². The van der Waals surface area contributed by atoms with Gasteiger partial charge in [0.2, 0.25) is 0 Å². The van der Waals surface area contributed by atoms with E-state index in [9.17, 15) is 22.8 Å². The number of halogens is 3. The quantitative estimate of drug-likeness (QED) is 0.820. The van der Waals surface area contributed by atoms with Gasteiger partial charge in [0.05, 0.1) is 5.56 Å². The van der Waals surface area contributed by atoms with Gasteiger partial charge in [0.15, 0.2) is 12.4 Å². The van der Waals surface area contributed by atoms with Crippen LogP contribution in [-0.2, 0) is 11.0 Å². The van der Waals surface area contributed by atoms with Gasteiger partial charge in [0.25, 0.3) is 5.91 Å². The normalized spacial score (nSPS) is 11.1. The van der Waals surface area contributed by atoms with Crippen LogP contribution in [0.4, 0.5) is 18.9 Å². The molecule has 132 valence electrons. The minimum Gasteiger partial charge on any atom is -0.484 e. The second-order valence-corrected chi connectivity index (χ2v) is 5.44. The van der Waals surface area contributed by atoms with Gasteiger partial charge < -0.3 is 10.1 Å². The van der Waals surface area contributed by atoms with Crippen LogP contribution in [0.15, 0.2) is 42.5 Å². The molecule has 0 saturated carbocycles. The van der Waals surface area contributed by atoms with E-state index < -0.39 is 17.6 Å². The Hall–Kier alpha value is -2.83. The number of benzene rings is 2. The molecular weight excluding hydrogens is 335 g/mol. The number of hydrogen-bond donors (Lipinski definition) is 1. The zero-order chi connectivity index (χ0) is 18.6. The van der Waals surface area contributed by atoms with Gasteiger partial charge in [-0.05, 0) is 55.8 Å². The first-order valence-electron chi connectivity index (χ1n) is 7.38. The number of amides is 1. The summed E-state index contributed by atoms with van der Waals surface area (Å²) in [5.74, 6) is -0.309. The summed E-state index contributed by atoms with van der Waals surface area (Å²) in [7, 11) is 0. The van der Waals surface area contributed by atoms with Crippen LogP contribution in [0.1, 0.15) is 28.4 Å². The van der Waals surface area contributed by atoms with Gasteiger partial charge in [-0.25, -0.2) is 0 Å². The summed E-state index contributed by atoms with van der Waals surface area (Å²) in [6.45, 7) is 2.41. The van der Waals surface area contributed by atoms with Crippen LogP contribution in [0.25, 0.3) is 0 Å². The molecule has 4 nitrogen and oxygen atoms in total. The Morgan fingerprint density at radius 2 is 1.72 bits per heavy atom. The number of nitrogens with one attached hydrogen (secondary N) is 1. The van der Waals surface area contributed by atoms with Crippen molar-refractivity contribution in [3.05, 3.63) is 59.2 Å². The number of ether oxygens (including phenoxy) is 1. The van der Waals surface area contributed by atoms with E-state index in [0.29, 0.717) is 11.3 Å². The number of Topliss-reactive ketones (excluding diaryl/α,β-unsaturated/α-hetero) is 1. The van der Waals surface area contributed by atoms with Crippen molar-refractivity contribution in [2.45, 2.75) is 20.0 Å². The minimum atomic E-state index is -4.49. The maximum Gasteiger partial charge on any atom is 0.416 e. The van der Waals surface area contributed by atoms with Crippen LogP contribution in [0.3, 0.4) is 0 Å². The molecule has 2 aromatic rings. The van der Waals surface area contributed by atoms with Gasteiger partial charge in [0, 0.05) is 11.3 Å². The lowest BCUT2D eigenvalue weighted by molar-refractivity contribution is -0.138. The van der Waals surface area contributed by atoms with Gasteiger partial charge in [-0.15, -0.1) is 0 Å². The number of hydrogen-bond acceptors (Lipinski definition) is 3. The van der Waals surface area contributed by atoms with Gasteiger partial charge in [-0.3, -0.25) is 9.59 Å². The molecule has 0 aliphatic rings. The lowest BCUT2D eigenvalue weighted by atomic mass is 10.1. The fourth-order valence-corrected chi connectivity index (χ4v) is 2.14. The third kappa shape index (κ3) is 5.07. The van der Waals surface area contributed by atoms with Crippen LogP contribution >= 0.6 is 0 Å². The van der Waals surface area contributed by atoms with Crippen molar-refractivity contribution in [1.29, 1.82) is 0 Å². The highest BCUT2D eigenvalue weighted by Crippen LogP contribution is 2.33. The maximum absolute atomic E-state index is 12.9. The van der Waals surface area contributed by atoms with Crippen molar-refractivity contribution in [2.24, 2.45) is 0 Å². The Kier molecular flexibility index (Phi) is 5.46. The fraction of sp³-hybridized carbons (Fsp3) is 0.222. The summed E-state index contributed by atoms with van der Waals surface area (Å²) in [5.41, 5.74) is -0.173. The van der Waals surface area contributed by atoms with Crippen LogP contribution in [0, 0.1) is 6.92 Å². The summed E-state index contributed by atoms with van der Waals surface area (Å²) in [6.07, 6.45) is -4.49. The number of carbonyl (C=O) groups excluding carboxylic acids is 2. The van der Waals surface area contributed by atoms with E-state index in [1.54, 1.807) is 12.1 Å². The Bertz CT molecular complexity index is 783. The number of carbonyl (C=O) groups is 2. The van der Waals surface area contributed by atoms with Crippen LogP contribution < -0.4 is 10.1 Å². The van der Waals surface area contributed by atoms with Crippen molar-refractivity contribution >= 4 is 17.4 Å². The predicted octanol–water partition coefficient (Wildman–Crippen LogP) is 4.23. The molecule has 0 saturated heterocycles. The molecule has 1 N–H and O–H groups in total. The molecule has 0 spiro atoms. The number of anilines is 1. The van der Waals surface area contributed by atoms with E-state index in [1.165, 1.54) is 38.1 Å². The van der Waals surface area contributed by atoms with Gasteiger partial charge in [-0.1, -0.05) is 6.07 Å². The molecule has 25 heavy (non-hydrogen) atoms. The standard InChI is InChI=1S/C18H16F3NO3/c1-11-3-6-14(9-16(11)18(19,20)21)22-17(24)10-25-15-7-4-13(5-8-15)12(2)23/h3-9H,10H2,1-2H3,(H,22,24). The highest BCUT2D eigenvalue weighted by Gasteiger charge is 2.32. The van der Waals surface area contributed by atoms with Crippen molar-refractivity contribution < 1.29 is 27.5 Å². The summed E-state index contributed by atoms with van der Waals surface area (Å²) in [5, 5.41) is 2.36. The van der Waals surface area contributed by atoms with Crippen molar-refractivity contribution in [3.63, 3.8) is 0 Å². The molecule has 2 rings (SSSR count). The monoisotopic (exact) mass is 351 g/mol. The molecule has 0 bridgehead atoms. The number of ketones is 1. The summed E-state index contributed by atoms with van der Waals surface area (Å²) >= 11 is 0. The molecule has 0 fully saturated rings. The highest BCUT2D eigenvalue weighted by molar-refractivity contribution is 5.94. The van der Waals surface area contributed by atoms with Gasteiger partial charge >= 0.3 is 6.18 Å². The van der Waals surface area contributed by atoms with Crippen molar-refractivity contribution in [2.75, 3.05) is 11.9 Å². The SMILES string of the molecule is CC(=O)c1ccc(OCC(=O)Nc2ccc(C)c(C(F)(F)F)c2)cc1. The highest BCUT2D eigenvalue weighted by atomic mass is 19.4. The molecular formula is C18H16F3NO3. The molecule has 0 aliphatic heterocycles. The van der Waals surface area contributed by atoms with Crippen molar-refractivity contribution in [3.8, 4) is 5.75 Å². The third-order valence-electron chi connectivity index (χ3n) is 3.46. The van der Waals surface area contributed by atoms with Gasteiger partial charge in [-0.2, -0.15) is 13.2 Å². The molecule has 0 radical (unpaired) electrons. The Morgan fingerprint density at radius 1 is 1.08 bits per heavy atom. The predicted molar refractivity (Wildman–Crippen MR) is 86.8 cm³/mol. The minimum absolute atomic E-state index is 0.0402. The number of alkyl halides is 3. The molecule has 7 heteroatoms. The zero-order valence-electron chi connectivity index (χ0n) is 13.6. The molecule has 0 unspecified atom stereocenters. The lowest BCUT2D eigenvalue weighted by Crippen LogP contribution is -2.20. The first kappa shape index (κ1) is 18.5. The third-order valence-corrected chi connectivity index (χ3v) is 3.46. The molecule has 1 amide bonds. The molecule has 0 atom stereocenters. The maximum atomic E-state index is 12.9. The zero-order valence-corrected chi connectivity index (χ0v) is 13.6. The first-order chi connectivity index (χ1) is 11.7. The van der Waals surface area contributed by atoms with E-state index >= 15 is 0 Å². The molecule has 0 heterocycles. The lowest BCUT2D eigenvalue weighted by Gasteiger charge is -2.13. The van der Waals surface area contributed by atoms with Crippen LogP contribution in [0.2, 0.25) is 0 Å². The molecule has 0 aromatic heterocycles.